The van der Waals surface area contributed by atoms with Crippen LogP contribution in [0.3, 0.4) is 0 Å². The first-order valence-corrected chi connectivity index (χ1v) is 7.69. The van der Waals surface area contributed by atoms with Crippen molar-refractivity contribution in [3.8, 4) is 5.75 Å². The van der Waals surface area contributed by atoms with Gasteiger partial charge in [0.1, 0.15) is 5.75 Å². The van der Waals surface area contributed by atoms with Gasteiger partial charge in [-0.2, -0.15) is 0 Å². The van der Waals surface area contributed by atoms with E-state index in [1.807, 2.05) is 39.0 Å². The number of primary amides is 1. The molecule has 0 radical (unpaired) electrons. The number of benzene rings is 1. The van der Waals surface area contributed by atoms with Crippen molar-refractivity contribution in [1.29, 1.82) is 0 Å². The van der Waals surface area contributed by atoms with Gasteiger partial charge in [-0.3, -0.25) is 4.79 Å². The highest BCUT2D eigenvalue weighted by Gasteiger charge is 2.36. The minimum absolute atomic E-state index is 0.276. The fourth-order valence-corrected chi connectivity index (χ4v) is 2.57. The van der Waals surface area contributed by atoms with Crippen molar-refractivity contribution >= 4 is 5.91 Å². The number of nitrogens with one attached hydrogen (secondary N) is 1. The molecule has 1 aromatic rings. The van der Waals surface area contributed by atoms with Crippen LogP contribution in [0.15, 0.2) is 18.2 Å². The molecule has 4 heteroatoms. The van der Waals surface area contributed by atoms with Crippen LogP contribution in [0.4, 0.5) is 0 Å². The molecule has 1 unspecified atom stereocenters. The van der Waals surface area contributed by atoms with Gasteiger partial charge in [-0.1, -0.05) is 18.2 Å². The van der Waals surface area contributed by atoms with Crippen LogP contribution >= 0.6 is 0 Å². The van der Waals surface area contributed by atoms with Crippen molar-refractivity contribution in [2.24, 2.45) is 5.73 Å². The second kappa shape index (κ2) is 6.48. The lowest BCUT2D eigenvalue weighted by Gasteiger charge is -2.27. The van der Waals surface area contributed by atoms with E-state index in [1.165, 1.54) is 0 Å². The Balaban J connectivity index is 1.83. The summed E-state index contributed by atoms with van der Waals surface area (Å²) < 4.78 is 5.88. The van der Waals surface area contributed by atoms with E-state index >= 15 is 0 Å². The van der Waals surface area contributed by atoms with Gasteiger partial charge >= 0.3 is 0 Å². The maximum atomic E-state index is 11.7. The Morgan fingerprint density at radius 2 is 2.00 bits per heavy atom. The smallest absolute Gasteiger partial charge is 0.237 e. The van der Waals surface area contributed by atoms with Gasteiger partial charge in [0, 0.05) is 6.04 Å². The van der Waals surface area contributed by atoms with E-state index in [0.717, 1.165) is 36.1 Å². The summed E-state index contributed by atoms with van der Waals surface area (Å²) in [6.45, 7) is 6.59. The molecule has 1 aromatic carbocycles. The van der Waals surface area contributed by atoms with Gasteiger partial charge in [-0.15, -0.1) is 0 Å². The highest BCUT2D eigenvalue weighted by molar-refractivity contribution is 5.84. The molecule has 3 N–H and O–H groups in total. The lowest BCUT2D eigenvalue weighted by atomic mass is 9.95. The van der Waals surface area contributed by atoms with Crippen molar-refractivity contribution in [2.75, 3.05) is 6.61 Å². The molecule has 1 aliphatic carbocycles. The summed E-state index contributed by atoms with van der Waals surface area (Å²) >= 11 is 0. The number of carbonyl (C=O) groups excluding carboxylic acids is 1. The number of rotatable bonds is 8. The summed E-state index contributed by atoms with van der Waals surface area (Å²) in [4.78, 5) is 11.7. The van der Waals surface area contributed by atoms with Gasteiger partial charge in [0.2, 0.25) is 5.91 Å². The first-order chi connectivity index (χ1) is 9.92. The number of nitrogens with two attached hydrogens (primary N) is 1. The van der Waals surface area contributed by atoms with Crippen molar-refractivity contribution in [3.63, 3.8) is 0 Å². The van der Waals surface area contributed by atoms with E-state index in [0.29, 0.717) is 19.1 Å². The predicted molar refractivity (Wildman–Crippen MR) is 84.4 cm³/mol. The number of ether oxygens (including phenoxy) is 1. The zero-order chi connectivity index (χ0) is 15.5. The van der Waals surface area contributed by atoms with Crippen LogP contribution in [0, 0.1) is 13.8 Å². The number of para-hydroxylation sites is 1. The molecule has 2 rings (SSSR count). The van der Waals surface area contributed by atoms with E-state index in [-0.39, 0.29) is 5.91 Å². The number of aryl methyl sites for hydroxylation is 2. The van der Waals surface area contributed by atoms with Gasteiger partial charge in [0.25, 0.3) is 0 Å². The Kier molecular flexibility index (Phi) is 4.88. The summed E-state index contributed by atoms with van der Waals surface area (Å²) in [5.41, 5.74) is 7.21. The molecule has 1 amide bonds. The van der Waals surface area contributed by atoms with E-state index < -0.39 is 5.54 Å². The number of carbonyl (C=O) groups is 1. The first-order valence-electron chi connectivity index (χ1n) is 7.69. The van der Waals surface area contributed by atoms with Crippen molar-refractivity contribution in [1.82, 2.24) is 5.32 Å². The molecule has 4 nitrogen and oxygen atoms in total. The Morgan fingerprint density at radius 1 is 1.38 bits per heavy atom. The molecule has 0 aromatic heterocycles. The summed E-state index contributed by atoms with van der Waals surface area (Å²) in [6, 6.07) is 6.58. The molecule has 21 heavy (non-hydrogen) atoms. The number of hydrogen-bond acceptors (Lipinski definition) is 3. The molecule has 0 spiro atoms. The Hall–Kier alpha value is -1.55. The molecular formula is C17H26N2O2. The van der Waals surface area contributed by atoms with E-state index in [2.05, 4.69) is 5.32 Å². The van der Waals surface area contributed by atoms with Crippen LogP contribution in [-0.4, -0.2) is 24.1 Å². The molecular weight excluding hydrogens is 264 g/mol. The molecule has 0 bridgehead atoms. The zero-order valence-corrected chi connectivity index (χ0v) is 13.2. The number of amides is 1. The maximum Gasteiger partial charge on any atom is 0.237 e. The van der Waals surface area contributed by atoms with Crippen molar-refractivity contribution < 1.29 is 9.53 Å². The van der Waals surface area contributed by atoms with Crippen LogP contribution in [0.2, 0.25) is 0 Å². The lowest BCUT2D eigenvalue weighted by molar-refractivity contribution is -0.124. The largest absolute Gasteiger partial charge is 0.493 e. The fourth-order valence-electron chi connectivity index (χ4n) is 2.57. The molecule has 1 atom stereocenters. The molecule has 0 aliphatic heterocycles. The van der Waals surface area contributed by atoms with Gasteiger partial charge in [-0.25, -0.2) is 0 Å². The Morgan fingerprint density at radius 3 is 2.52 bits per heavy atom. The zero-order valence-electron chi connectivity index (χ0n) is 13.2. The van der Waals surface area contributed by atoms with Gasteiger partial charge in [-0.05, 0) is 57.6 Å². The molecule has 116 valence electrons. The van der Waals surface area contributed by atoms with Crippen LogP contribution in [0.25, 0.3) is 0 Å². The van der Waals surface area contributed by atoms with Gasteiger partial charge in [0.15, 0.2) is 0 Å². The van der Waals surface area contributed by atoms with E-state index in [4.69, 9.17) is 10.5 Å². The quantitative estimate of drug-likeness (QED) is 0.723. The first kappa shape index (κ1) is 15.8. The van der Waals surface area contributed by atoms with Crippen LogP contribution in [0.1, 0.15) is 43.7 Å². The standard InChI is InChI=1S/C17H26N2O2/c1-12-6-4-7-13(2)15(12)21-11-5-10-17(3,16(18)20)19-14-8-9-14/h4,6-7,14,19H,5,8-11H2,1-3H3,(H2,18,20). The molecule has 0 heterocycles. The minimum atomic E-state index is -0.620. The Labute approximate surface area is 127 Å². The lowest BCUT2D eigenvalue weighted by Crippen LogP contribution is -2.54. The van der Waals surface area contributed by atoms with Crippen LogP contribution in [-0.2, 0) is 4.79 Å². The third kappa shape index (κ3) is 4.21. The van der Waals surface area contributed by atoms with Crippen LogP contribution in [0.5, 0.6) is 5.75 Å². The van der Waals surface area contributed by atoms with E-state index in [9.17, 15) is 4.79 Å². The second-order valence-corrected chi connectivity index (χ2v) is 6.29. The maximum absolute atomic E-state index is 11.7. The molecule has 1 fully saturated rings. The highest BCUT2D eigenvalue weighted by Crippen LogP contribution is 2.26. The predicted octanol–water partition coefficient (Wildman–Crippen LogP) is 2.46. The molecule has 1 aliphatic rings. The third-order valence-electron chi connectivity index (χ3n) is 4.12. The fraction of sp³-hybridized carbons (Fsp3) is 0.588. The summed E-state index contributed by atoms with van der Waals surface area (Å²) in [5, 5.41) is 3.36. The van der Waals surface area contributed by atoms with Crippen molar-refractivity contribution in [2.45, 2.75) is 58.0 Å². The van der Waals surface area contributed by atoms with E-state index in [1.54, 1.807) is 0 Å². The summed E-state index contributed by atoms with van der Waals surface area (Å²) in [5.74, 6) is 0.676. The third-order valence-corrected chi connectivity index (χ3v) is 4.12. The SMILES string of the molecule is Cc1cccc(C)c1OCCCC(C)(NC1CC1)C(N)=O. The second-order valence-electron chi connectivity index (χ2n) is 6.29. The topological polar surface area (TPSA) is 64.3 Å². The van der Waals surface area contributed by atoms with Gasteiger partial charge < -0.3 is 15.8 Å². The van der Waals surface area contributed by atoms with Gasteiger partial charge in [0.05, 0.1) is 12.1 Å². The highest BCUT2D eigenvalue weighted by atomic mass is 16.5. The molecule has 1 saturated carbocycles. The van der Waals surface area contributed by atoms with Crippen LogP contribution < -0.4 is 15.8 Å². The number of hydrogen-bond donors (Lipinski definition) is 2. The molecule has 0 saturated heterocycles. The average molecular weight is 290 g/mol. The monoisotopic (exact) mass is 290 g/mol. The average Bonchev–Trinajstić information content (AvgIpc) is 3.21. The minimum Gasteiger partial charge on any atom is -0.493 e. The summed E-state index contributed by atoms with van der Waals surface area (Å²) in [7, 11) is 0. The van der Waals surface area contributed by atoms with Crippen molar-refractivity contribution in [3.05, 3.63) is 29.3 Å². The Bertz CT molecular complexity index is 491. The normalized spacial score (nSPS) is 17.3. The summed E-state index contributed by atoms with van der Waals surface area (Å²) in [6.07, 6.45) is 3.78.